The van der Waals surface area contributed by atoms with Crippen molar-refractivity contribution < 1.29 is 14.3 Å². The Morgan fingerprint density at radius 2 is 2.14 bits per heavy atom. The Hall–Kier alpha value is -3.20. The van der Waals surface area contributed by atoms with Gasteiger partial charge in [-0.1, -0.05) is 0 Å². The van der Waals surface area contributed by atoms with Crippen molar-refractivity contribution in [3.05, 3.63) is 41.9 Å². The predicted molar refractivity (Wildman–Crippen MR) is 108 cm³/mol. The second kappa shape index (κ2) is 8.44. The predicted octanol–water partition coefficient (Wildman–Crippen LogP) is 1.86. The van der Waals surface area contributed by atoms with Crippen LogP contribution < -0.4 is 15.4 Å². The number of hydrogen-bond donors (Lipinski definition) is 2. The van der Waals surface area contributed by atoms with E-state index in [4.69, 9.17) is 15.2 Å². The van der Waals surface area contributed by atoms with Gasteiger partial charge in [0.05, 0.1) is 6.61 Å². The van der Waals surface area contributed by atoms with Gasteiger partial charge in [-0.3, -0.25) is 4.79 Å². The fraction of sp³-hybridized carbons (Fsp3) is 0.400. The number of primary amides is 1. The van der Waals surface area contributed by atoms with Gasteiger partial charge in [-0.05, 0) is 36.5 Å². The van der Waals surface area contributed by atoms with Crippen molar-refractivity contribution in [1.29, 1.82) is 0 Å². The molecule has 1 aliphatic rings. The molecule has 3 aromatic heterocycles. The van der Waals surface area contributed by atoms with Crippen molar-refractivity contribution >= 4 is 22.8 Å². The number of carbonyl (C=O) groups excluding carboxylic acids is 1. The summed E-state index contributed by atoms with van der Waals surface area (Å²) in [6.07, 6.45) is 5.80. The molecule has 0 aliphatic carbocycles. The monoisotopic (exact) mass is 396 g/mol. The fourth-order valence-electron chi connectivity index (χ4n) is 3.72. The zero-order valence-corrected chi connectivity index (χ0v) is 16.3. The molecule has 4 rings (SSSR count). The van der Waals surface area contributed by atoms with Crippen molar-refractivity contribution in [2.24, 2.45) is 5.73 Å². The summed E-state index contributed by atoms with van der Waals surface area (Å²) < 4.78 is 10.5. The number of anilines is 1. The highest BCUT2D eigenvalue weighted by molar-refractivity contribution is 5.91. The van der Waals surface area contributed by atoms with Crippen LogP contribution in [0.4, 0.5) is 5.82 Å². The van der Waals surface area contributed by atoms with Gasteiger partial charge >= 0.3 is 6.01 Å². The summed E-state index contributed by atoms with van der Waals surface area (Å²) in [5.74, 6) is 0.491. The molecule has 0 spiro atoms. The minimum absolute atomic E-state index is 0.137. The summed E-state index contributed by atoms with van der Waals surface area (Å²) in [5.41, 5.74) is 7.81. The third-order valence-electron chi connectivity index (χ3n) is 5.21. The molecule has 0 aromatic carbocycles. The number of aromatic amines is 1. The van der Waals surface area contributed by atoms with Gasteiger partial charge in [0.25, 0.3) is 5.91 Å². The number of ether oxygens (including phenoxy) is 2. The molecule has 152 valence electrons. The molecule has 1 amide bonds. The lowest BCUT2D eigenvalue weighted by molar-refractivity contribution is 0.0992. The summed E-state index contributed by atoms with van der Waals surface area (Å²) in [7, 11) is 1.59. The first-order chi connectivity index (χ1) is 14.2. The smallest absolute Gasteiger partial charge is 0.319 e. The van der Waals surface area contributed by atoms with Gasteiger partial charge in [0, 0.05) is 44.0 Å². The molecule has 1 saturated heterocycles. The molecule has 3 N–H and O–H groups in total. The number of piperidine rings is 1. The standard InChI is InChI=1S/C20H24N6O3/c1-28-9-10-29-20-24-16(18(21)27)11-17(25-20)26-7-4-13(5-8-26)15-12-23-19-14(15)3-2-6-22-19/h2-3,6,11-13H,4-5,7-10H2,1H3,(H2,21,27)(H,22,23). The molecule has 9 nitrogen and oxygen atoms in total. The third kappa shape index (κ3) is 4.14. The second-order valence-corrected chi connectivity index (χ2v) is 7.00. The molecule has 0 unspecified atom stereocenters. The number of fused-ring (bicyclic) bond motifs is 1. The van der Waals surface area contributed by atoms with E-state index in [0.29, 0.717) is 24.9 Å². The normalized spacial score (nSPS) is 15.0. The molecule has 0 bridgehead atoms. The summed E-state index contributed by atoms with van der Waals surface area (Å²) in [6.45, 7) is 2.33. The van der Waals surface area contributed by atoms with Crippen LogP contribution in [0.3, 0.4) is 0 Å². The van der Waals surface area contributed by atoms with E-state index in [1.54, 1.807) is 19.4 Å². The average Bonchev–Trinajstić information content (AvgIpc) is 3.18. The highest BCUT2D eigenvalue weighted by Crippen LogP contribution is 2.34. The van der Waals surface area contributed by atoms with Crippen LogP contribution in [-0.4, -0.2) is 59.3 Å². The van der Waals surface area contributed by atoms with Crippen LogP contribution >= 0.6 is 0 Å². The van der Waals surface area contributed by atoms with Gasteiger partial charge < -0.3 is 25.1 Å². The number of methoxy groups -OCH3 is 1. The van der Waals surface area contributed by atoms with Gasteiger partial charge in [-0.15, -0.1) is 0 Å². The molecule has 4 heterocycles. The highest BCUT2D eigenvalue weighted by Gasteiger charge is 2.25. The van der Waals surface area contributed by atoms with Gasteiger partial charge in [0.2, 0.25) is 0 Å². The number of amides is 1. The Morgan fingerprint density at radius 1 is 1.31 bits per heavy atom. The molecule has 9 heteroatoms. The number of nitrogens with zero attached hydrogens (tertiary/aromatic N) is 4. The first-order valence-electron chi connectivity index (χ1n) is 9.63. The number of H-pyrrole nitrogens is 1. The summed E-state index contributed by atoms with van der Waals surface area (Å²) in [5, 5.41) is 1.18. The average molecular weight is 396 g/mol. The van der Waals surface area contributed by atoms with Gasteiger partial charge in [0.1, 0.15) is 23.8 Å². The number of pyridine rings is 1. The van der Waals surface area contributed by atoms with E-state index in [1.807, 2.05) is 6.07 Å². The lowest BCUT2D eigenvalue weighted by Crippen LogP contribution is -2.34. The number of nitrogens with one attached hydrogen (secondary N) is 1. The van der Waals surface area contributed by atoms with E-state index < -0.39 is 5.91 Å². The van der Waals surface area contributed by atoms with E-state index in [1.165, 1.54) is 10.9 Å². The van der Waals surface area contributed by atoms with Crippen LogP contribution in [0, 0.1) is 0 Å². The summed E-state index contributed by atoms with van der Waals surface area (Å²) >= 11 is 0. The second-order valence-electron chi connectivity index (χ2n) is 7.00. The number of rotatable bonds is 7. The van der Waals surface area contributed by atoms with E-state index in [-0.39, 0.29) is 11.7 Å². The van der Waals surface area contributed by atoms with Crippen LogP contribution in [0.2, 0.25) is 0 Å². The summed E-state index contributed by atoms with van der Waals surface area (Å²) in [6, 6.07) is 5.83. The first kappa shape index (κ1) is 19.1. The first-order valence-corrected chi connectivity index (χ1v) is 9.63. The fourth-order valence-corrected chi connectivity index (χ4v) is 3.72. The molecular weight excluding hydrogens is 372 g/mol. The van der Waals surface area contributed by atoms with E-state index in [9.17, 15) is 4.79 Å². The quantitative estimate of drug-likeness (QED) is 0.585. The maximum Gasteiger partial charge on any atom is 0.319 e. The molecule has 1 fully saturated rings. The van der Waals surface area contributed by atoms with Crippen molar-refractivity contribution in [3.8, 4) is 6.01 Å². The SMILES string of the molecule is COCCOc1nc(C(N)=O)cc(N2CCC(c3c[nH]c4ncccc34)CC2)n1. The lowest BCUT2D eigenvalue weighted by Gasteiger charge is -2.33. The molecule has 1 aliphatic heterocycles. The maximum atomic E-state index is 11.7. The van der Waals surface area contributed by atoms with Crippen molar-refractivity contribution in [3.63, 3.8) is 0 Å². The zero-order chi connectivity index (χ0) is 20.2. The Labute approximate surface area is 168 Å². The van der Waals surface area contributed by atoms with Crippen LogP contribution in [-0.2, 0) is 4.74 Å². The van der Waals surface area contributed by atoms with Crippen LogP contribution in [0.25, 0.3) is 11.0 Å². The molecule has 29 heavy (non-hydrogen) atoms. The van der Waals surface area contributed by atoms with Crippen molar-refractivity contribution in [2.75, 3.05) is 38.3 Å². The molecule has 0 saturated carbocycles. The maximum absolute atomic E-state index is 11.7. The largest absolute Gasteiger partial charge is 0.461 e. The van der Waals surface area contributed by atoms with Crippen molar-refractivity contribution in [2.45, 2.75) is 18.8 Å². The zero-order valence-electron chi connectivity index (χ0n) is 16.3. The number of nitrogens with two attached hydrogens (primary N) is 1. The number of carbonyl (C=O) groups is 1. The molecular formula is C20H24N6O3. The molecule has 0 radical (unpaired) electrons. The van der Waals surface area contributed by atoms with E-state index >= 15 is 0 Å². The van der Waals surface area contributed by atoms with Gasteiger partial charge in [0.15, 0.2) is 0 Å². The van der Waals surface area contributed by atoms with Crippen LogP contribution in [0.1, 0.15) is 34.8 Å². The highest BCUT2D eigenvalue weighted by atomic mass is 16.5. The summed E-state index contributed by atoms with van der Waals surface area (Å²) in [4.78, 5) is 30.0. The topological polar surface area (TPSA) is 119 Å². The third-order valence-corrected chi connectivity index (χ3v) is 5.21. The Bertz CT molecular complexity index is 997. The molecule has 0 atom stereocenters. The van der Waals surface area contributed by atoms with Crippen molar-refractivity contribution in [1.82, 2.24) is 19.9 Å². The van der Waals surface area contributed by atoms with Gasteiger partial charge in [-0.25, -0.2) is 4.98 Å². The molecule has 3 aromatic rings. The Morgan fingerprint density at radius 3 is 2.90 bits per heavy atom. The van der Waals surface area contributed by atoms with E-state index in [0.717, 1.165) is 31.6 Å². The Kier molecular flexibility index (Phi) is 5.57. The van der Waals surface area contributed by atoms with E-state index in [2.05, 4.69) is 37.1 Å². The van der Waals surface area contributed by atoms with Crippen LogP contribution in [0.15, 0.2) is 30.6 Å². The van der Waals surface area contributed by atoms with Crippen LogP contribution in [0.5, 0.6) is 6.01 Å². The minimum Gasteiger partial charge on any atom is -0.461 e. The lowest BCUT2D eigenvalue weighted by atomic mass is 9.89. The van der Waals surface area contributed by atoms with Gasteiger partial charge in [-0.2, -0.15) is 9.97 Å². The minimum atomic E-state index is -0.605. The Balaban J connectivity index is 1.49. The number of aromatic nitrogens is 4. The number of hydrogen-bond acceptors (Lipinski definition) is 7.